The molecule has 0 spiro atoms. The third kappa shape index (κ3) is 4.24. The molecule has 1 saturated carbocycles. The summed E-state index contributed by atoms with van der Waals surface area (Å²) in [4.78, 5) is 11.0. The molecule has 116 valence electrons. The quantitative estimate of drug-likeness (QED) is 0.897. The van der Waals surface area contributed by atoms with Crippen LogP contribution in [0.2, 0.25) is 0 Å². The third-order valence-electron chi connectivity index (χ3n) is 4.13. The van der Waals surface area contributed by atoms with Gasteiger partial charge in [0.1, 0.15) is 0 Å². The van der Waals surface area contributed by atoms with Crippen molar-refractivity contribution in [3.05, 3.63) is 34.9 Å². The summed E-state index contributed by atoms with van der Waals surface area (Å²) in [6, 6.07) is 5.68. The molecule has 0 bridgehead atoms. The average molecular weight is 298 g/mol. The zero-order valence-electron chi connectivity index (χ0n) is 12.0. The van der Waals surface area contributed by atoms with E-state index >= 15 is 0 Å². The second-order valence-corrected chi connectivity index (χ2v) is 5.59. The molecule has 0 aromatic heterocycles. The lowest BCUT2D eigenvalue weighted by Gasteiger charge is -2.30. The Bertz CT molecular complexity index is 494. The van der Waals surface area contributed by atoms with Crippen LogP contribution in [0.5, 0.6) is 0 Å². The Labute approximate surface area is 122 Å². The van der Waals surface area contributed by atoms with Gasteiger partial charge in [-0.1, -0.05) is 18.2 Å². The summed E-state index contributed by atoms with van der Waals surface area (Å²) >= 11 is 0. The van der Waals surface area contributed by atoms with Crippen LogP contribution in [0.3, 0.4) is 0 Å². The fraction of sp³-hybridized carbons (Fsp3) is 0.562. The molecule has 1 N–H and O–H groups in total. The summed E-state index contributed by atoms with van der Waals surface area (Å²) in [6.45, 7) is -0.741. The van der Waals surface area contributed by atoms with E-state index in [-0.39, 0.29) is 18.4 Å². The number of halogens is 2. The van der Waals surface area contributed by atoms with Gasteiger partial charge in [-0.25, -0.2) is 0 Å². The van der Waals surface area contributed by atoms with Gasteiger partial charge in [-0.3, -0.25) is 4.79 Å². The van der Waals surface area contributed by atoms with E-state index in [2.05, 4.69) is 4.74 Å². The van der Waals surface area contributed by atoms with Crippen molar-refractivity contribution in [2.75, 3.05) is 0 Å². The molecule has 0 saturated heterocycles. The van der Waals surface area contributed by atoms with E-state index in [0.717, 1.165) is 29.5 Å². The highest BCUT2D eigenvalue weighted by atomic mass is 19.3. The van der Waals surface area contributed by atoms with Crippen LogP contribution in [0.1, 0.15) is 48.3 Å². The maximum atomic E-state index is 12.2. The van der Waals surface area contributed by atoms with Crippen molar-refractivity contribution in [1.82, 2.24) is 0 Å². The van der Waals surface area contributed by atoms with Crippen molar-refractivity contribution in [3.8, 4) is 0 Å². The van der Waals surface area contributed by atoms with Crippen LogP contribution in [0, 0.1) is 6.92 Å². The number of carboxylic acids is 1. The van der Waals surface area contributed by atoms with Crippen molar-refractivity contribution >= 4 is 5.97 Å². The van der Waals surface area contributed by atoms with Crippen molar-refractivity contribution in [2.45, 2.75) is 57.7 Å². The highest BCUT2D eigenvalue weighted by Crippen LogP contribution is 2.37. The standard InChI is InChI=1S/C16H20F2O3/c1-10-3-2-4-12(9-14(19)20)15(10)11-5-7-13(8-6-11)21-16(17)18/h2-4,11,13,16H,5-9H2,1H3,(H,19,20). The van der Waals surface area contributed by atoms with Crippen LogP contribution in [0.4, 0.5) is 8.78 Å². The van der Waals surface area contributed by atoms with Crippen LogP contribution in [0.15, 0.2) is 18.2 Å². The number of carbonyl (C=O) groups is 1. The molecule has 1 aromatic rings. The van der Waals surface area contributed by atoms with Gasteiger partial charge >= 0.3 is 12.6 Å². The molecule has 2 rings (SSSR count). The second-order valence-electron chi connectivity index (χ2n) is 5.59. The Hall–Kier alpha value is -1.49. The van der Waals surface area contributed by atoms with Crippen LogP contribution < -0.4 is 0 Å². The first-order valence-electron chi connectivity index (χ1n) is 7.21. The van der Waals surface area contributed by atoms with E-state index in [4.69, 9.17) is 5.11 Å². The second kappa shape index (κ2) is 6.98. The Morgan fingerprint density at radius 3 is 2.57 bits per heavy atom. The largest absolute Gasteiger partial charge is 0.481 e. The summed E-state index contributed by atoms with van der Waals surface area (Å²) in [6.07, 6.45) is 2.33. The number of ether oxygens (including phenoxy) is 1. The molecule has 1 aromatic carbocycles. The molecule has 0 radical (unpaired) electrons. The summed E-state index contributed by atoms with van der Waals surface area (Å²) in [5.41, 5.74) is 2.99. The molecule has 0 atom stereocenters. The molecule has 0 aliphatic heterocycles. The lowest BCUT2D eigenvalue weighted by atomic mass is 9.78. The van der Waals surface area contributed by atoms with Crippen LogP contribution in [0.25, 0.3) is 0 Å². The highest BCUT2D eigenvalue weighted by Gasteiger charge is 2.27. The molecule has 0 unspecified atom stereocenters. The lowest BCUT2D eigenvalue weighted by molar-refractivity contribution is -0.170. The number of hydrogen-bond donors (Lipinski definition) is 1. The van der Waals surface area contributed by atoms with E-state index in [1.807, 2.05) is 25.1 Å². The summed E-state index contributed by atoms with van der Waals surface area (Å²) in [7, 11) is 0. The maximum absolute atomic E-state index is 12.2. The fourth-order valence-corrected chi connectivity index (χ4v) is 3.28. The minimum atomic E-state index is -2.72. The fourth-order valence-electron chi connectivity index (χ4n) is 3.28. The summed E-state index contributed by atoms with van der Waals surface area (Å²) in [5, 5.41) is 9.02. The Morgan fingerprint density at radius 1 is 1.33 bits per heavy atom. The third-order valence-corrected chi connectivity index (χ3v) is 4.13. The zero-order chi connectivity index (χ0) is 15.4. The monoisotopic (exact) mass is 298 g/mol. The van der Waals surface area contributed by atoms with Crippen molar-refractivity contribution < 1.29 is 23.4 Å². The van der Waals surface area contributed by atoms with Crippen molar-refractivity contribution in [1.29, 1.82) is 0 Å². The van der Waals surface area contributed by atoms with E-state index in [1.165, 1.54) is 0 Å². The van der Waals surface area contributed by atoms with Gasteiger partial charge in [0.15, 0.2) is 0 Å². The number of aryl methyl sites for hydroxylation is 1. The SMILES string of the molecule is Cc1cccc(CC(=O)O)c1C1CCC(OC(F)F)CC1. The van der Waals surface area contributed by atoms with Gasteiger partial charge < -0.3 is 9.84 Å². The number of hydrogen-bond acceptors (Lipinski definition) is 2. The average Bonchev–Trinajstić information content (AvgIpc) is 2.39. The Morgan fingerprint density at radius 2 is 2.00 bits per heavy atom. The molecule has 21 heavy (non-hydrogen) atoms. The molecule has 1 aliphatic carbocycles. The normalized spacial score (nSPS) is 22.5. The molecular weight excluding hydrogens is 278 g/mol. The van der Waals surface area contributed by atoms with Crippen LogP contribution >= 0.6 is 0 Å². The molecular formula is C16H20F2O3. The first kappa shape index (κ1) is 15.9. The van der Waals surface area contributed by atoms with E-state index in [9.17, 15) is 13.6 Å². The van der Waals surface area contributed by atoms with Crippen molar-refractivity contribution in [3.63, 3.8) is 0 Å². The van der Waals surface area contributed by atoms with Gasteiger partial charge in [-0.05, 0) is 55.2 Å². The number of carboxylic acid groups (broad SMARTS) is 1. The Kier molecular flexibility index (Phi) is 5.28. The summed E-state index contributed by atoms with van der Waals surface area (Å²) in [5.74, 6) is -0.616. The van der Waals surface area contributed by atoms with Crippen LogP contribution in [-0.4, -0.2) is 23.8 Å². The maximum Gasteiger partial charge on any atom is 0.345 e. The van der Waals surface area contributed by atoms with Gasteiger partial charge in [-0.2, -0.15) is 8.78 Å². The number of aliphatic carboxylic acids is 1. The summed E-state index contributed by atoms with van der Waals surface area (Å²) < 4.78 is 29.0. The Balaban J connectivity index is 2.10. The topological polar surface area (TPSA) is 46.5 Å². The van der Waals surface area contributed by atoms with Crippen LogP contribution in [-0.2, 0) is 16.0 Å². The molecule has 5 heteroatoms. The zero-order valence-corrected chi connectivity index (χ0v) is 12.0. The molecule has 0 heterocycles. The van der Waals surface area contributed by atoms with Crippen molar-refractivity contribution in [2.24, 2.45) is 0 Å². The number of benzene rings is 1. The first-order valence-corrected chi connectivity index (χ1v) is 7.21. The minimum Gasteiger partial charge on any atom is -0.481 e. The van der Waals surface area contributed by atoms with E-state index in [1.54, 1.807) is 0 Å². The smallest absolute Gasteiger partial charge is 0.345 e. The van der Waals surface area contributed by atoms with E-state index < -0.39 is 12.6 Å². The van der Waals surface area contributed by atoms with E-state index in [0.29, 0.717) is 12.8 Å². The minimum absolute atomic E-state index is 0.00444. The van der Waals surface area contributed by atoms with Gasteiger partial charge in [0, 0.05) is 0 Å². The molecule has 1 fully saturated rings. The molecule has 1 aliphatic rings. The number of alkyl halides is 2. The van der Waals surface area contributed by atoms with Gasteiger partial charge in [0.2, 0.25) is 0 Å². The predicted molar refractivity (Wildman–Crippen MR) is 74.6 cm³/mol. The molecule has 0 amide bonds. The molecule has 3 nitrogen and oxygen atoms in total. The van der Waals surface area contributed by atoms with Gasteiger partial charge in [0.05, 0.1) is 12.5 Å². The first-order chi connectivity index (χ1) is 9.97. The van der Waals surface area contributed by atoms with Gasteiger partial charge in [-0.15, -0.1) is 0 Å². The number of rotatable bonds is 5. The highest BCUT2D eigenvalue weighted by molar-refractivity contribution is 5.71. The van der Waals surface area contributed by atoms with Gasteiger partial charge in [0.25, 0.3) is 0 Å². The lowest BCUT2D eigenvalue weighted by Crippen LogP contribution is -2.24. The predicted octanol–water partition coefficient (Wildman–Crippen LogP) is 3.89.